The molecule has 0 saturated heterocycles. The monoisotopic (exact) mass is 144 g/mol. The van der Waals surface area contributed by atoms with Gasteiger partial charge in [-0.05, 0) is 25.7 Å². The molecule has 1 nitrogen and oxygen atoms in total. The molecule has 0 radical (unpaired) electrons. The summed E-state index contributed by atoms with van der Waals surface area (Å²) < 4.78 is 5.50. The van der Waals surface area contributed by atoms with E-state index in [1.54, 1.807) is 0 Å². The van der Waals surface area contributed by atoms with Gasteiger partial charge in [0.05, 0.1) is 6.10 Å². The van der Waals surface area contributed by atoms with Crippen LogP contribution in [0.1, 0.15) is 40.5 Å². The van der Waals surface area contributed by atoms with E-state index in [4.69, 9.17) is 4.74 Å². The molecule has 0 heterocycles. The van der Waals surface area contributed by atoms with Crippen LogP contribution in [-0.4, -0.2) is 12.7 Å². The largest absolute Gasteiger partial charge is 0.379 e. The second-order valence-corrected chi connectivity index (χ2v) is 3.12. The van der Waals surface area contributed by atoms with Crippen LogP contribution in [0.15, 0.2) is 0 Å². The molecule has 0 aliphatic carbocycles. The number of hydrogen-bond donors (Lipinski definition) is 0. The van der Waals surface area contributed by atoms with Crippen LogP contribution < -0.4 is 0 Å². The number of hydrogen-bond acceptors (Lipinski definition) is 1. The minimum atomic E-state index is 0.491. The summed E-state index contributed by atoms with van der Waals surface area (Å²) in [6, 6.07) is 0. The summed E-state index contributed by atoms with van der Waals surface area (Å²) in [5, 5.41) is 0. The van der Waals surface area contributed by atoms with Gasteiger partial charge in [-0.25, -0.2) is 0 Å². The van der Waals surface area contributed by atoms with Gasteiger partial charge in [0, 0.05) is 6.61 Å². The molecule has 1 heteroatoms. The first-order valence-electron chi connectivity index (χ1n) is 4.32. The van der Waals surface area contributed by atoms with Gasteiger partial charge in [0.15, 0.2) is 0 Å². The lowest BCUT2D eigenvalue weighted by Crippen LogP contribution is -2.14. The smallest absolute Gasteiger partial charge is 0.0574 e. The van der Waals surface area contributed by atoms with Gasteiger partial charge in [0.25, 0.3) is 0 Å². The van der Waals surface area contributed by atoms with Crippen LogP contribution in [0.2, 0.25) is 0 Å². The Morgan fingerprint density at radius 2 is 1.80 bits per heavy atom. The molecular weight excluding hydrogens is 124 g/mol. The highest BCUT2D eigenvalue weighted by Gasteiger charge is 2.06. The summed E-state index contributed by atoms with van der Waals surface area (Å²) in [7, 11) is 0. The van der Waals surface area contributed by atoms with Crippen molar-refractivity contribution < 1.29 is 4.74 Å². The highest BCUT2D eigenvalue weighted by atomic mass is 16.5. The number of ether oxygens (including phenoxy) is 1. The molecular formula is C9H20O. The first kappa shape index (κ1) is 9.96. The minimum absolute atomic E-state index is 0.491. The van der Waals surface area contributed by atoms with Gasteiger partial charge in [0.1, 0.15) is 0 Å². The van der Waals surface area contributed by atoms with E-state index in [9.17, 15) is 0 Å². The predicted molar refractivity (Wildman–Crippen MR) is 45.2 cm³/mol. The molecule has 0 spiro atoms. The van der Waals surface area contributed by atoms with Gasteiger partial charge in [-0.3, -0.25) is 0 Å². The molecule has 0 aromatic heterocycles. The Bertz CT molecular complexity index is 69.1. The fourth-order valence-corrected chi connectivity index (χ4v) is 1.11. The lowest BCUT2D eigenvalue weighted by molar-refractivity contribution is 0.0456. The van der Waals surface area contributed by atoms with Gasteiger partial charge >= 0.3 is 0 Å². The molecule has 0 N–H and O–H groups in total. The van der Waals surface area contributed by atoms with Crippen LogP contribution in [0.25, 0.3) is 0 Å². The van der Waals surface area contributed by atoms with Crippen molar-refractivity contribution in [2.75, 3.05) is 6.61 Å². The van der Waals surface area contributed by atoms with Crippen molar-refractivity contribution in [3.05, 3.63) is 0 Å². The average molecular weight is 144 g/mol. The maximum absolute atomic E-state index is 5.50. The highest BCUT2D eigenvalue weighted by molar-refractivity contribution is 4.57. The zero-order valence-corrected chi connectivity index (χ0v) is 7.68. The molecule has 1 atom stereocenters. The quantitative estimate of drug-likeness (QED) is 0.576. The van der Waals surface area contributed by atoms with Gasteiger partial charge in [-0.2, -0.15) is 0 Å². The molecule has 0 bridgehead atoms. The highest BCUT2D eigenvalue weighted by Crippen LogP contribution is 2.10. The normalized spacial score (nSPS) is 14.1. The summed E-state index contributed by atoms with van der Waals surface area (Å²) in [6.45, 7) is 9.57. The fourth-order valence-electron chi connectivity index (χ4n) is 1.11. The van der Waals surface area contributed by atoms with Crippen molar-refractivity contribution in [2.45, 2.75) is 46.6 Å². The van der Waals surface area contributed by atoms with Crippen LogP contribution in [0.5, 0.6) is 0 Å². The Labute approximate surface area is 64.8 Å². The van der Waals surface area contributed by atoms with Crippen molar-refractivity contribution >= 4 is 0 Å². The molecule has 0 saturated carbocycles. The van der Waals surface area contributed by atoms with Gasteiger partial charge < -0.3 is 4.74 Å². The van der Waals surface area contributed by atoms with Gasteiger partial charge in [-0.15, -0.1) is 0 Å². The number of rotatable bonds is 5. The van der Waals surface area contributed by atoms with Crippen LogP contribution in [0.4, 0.5) is 0 Å². The van der Waals surface area contributed by atoms with E-state index in [-0.39, 0.29) is 0 Å². The molecule has 0 fully saturated rings. The van der Waals surface area contributed by atoms with Gasteiger partial charge in [-0.1, -0.05) is 20.8 Å². The third-order valence-electron chi connectivity index (χ3n) is 1.59. The van der Waals surface area contributed by atoms with Crippen molar-refractivity contribution in [1.29, 1.82) is 0 Å². The van der Waals surface area contributed by atoms with Crippen molar-refractivity contribution in [3.8, 4) is 0 Å². The fraction of sp³-hybridized carbons (Fsp3) is 1.00. The second kappa shape index (κ2) is 5.72. The van der Waals surface area contributed by atoms with Crippen LogP contribution in [0.3, 0.4) is 0 Å². The lowest BCUT2D eigenvalue weighted by atomic mass is 10.0. The molecule has 62 valence electrons. The third kappa shape index (κ3) is 4.80. The Kier molecular flexibility index (Phi) is 5.70. The second-order valence-electron chi connectivity index (χ2n) is 3.12. The third-order valence-corrected chi connectivity index (χ3v) is 1.59. The molecule has 10 heavy (non-hydrogen) atoms. The maximum Gasteiger partial charge on any atom is 0.0574 e. The molecule has 0 aliphatic heterocycles. The Balaban J connectivity index is 3.39. The summed E-state index contributed by atoms with van der Waals surface area (Å²) >= 11 is 0. The summed E-state index contributed by atoms with van der Waals surface area (Å²) in [6.07, 6.45) is 2.83. The van der Waals surface area contributed by atoms with E-state index >= 15 is 0 Å². The minimum Gasteiger partial charge on any atom is -0.379 e. The Morgan fingerprint density at radius 1 is 1.20 bits per heavy atom. The van der Waals surface area contributed by atoms with Crippen molar-refractivity contribution in [2.24, 2.45) is 5.92 Å². The van der Waals surface area contributed by atoms with E-state index < -0.39 is 0 Å². The lowest BCUT2D eigenvalue weighted by Gasteiger charge is -2.16. The molecule has 0 amide bonds. The average Bonchev–Trinajstić information content (AvgIpc) is 1.86. The molecule has 0 aromatic carbocycles. The first-order chi connectivity index (χ1) is 4.70. The van der Waals surface area contributed by atoms with E-state index in [1.807, 2.05) is 0 Å². The standard InChI is InChI=1S/C9H20O/c1-5-9(10-6-2)7-8(3)4/h8-9H,5-7H2,1-4H3. The zero-order valence-electron chi connectivity index (χ0n) is 7.68. The summed E-state index contributed by atoms with van der Waals surface area (Å²) in [5.74, 6) is 0.761. The molecule has 0 aromatic rings. The molecule has 0 aliphatic rings. The van der Waals surface area contributed by atoms with Gasteiger partial charge in [0.2, 0.25) is 0 Å². The predicted octanol–water partition coefficient (Wildman–Crippen LogP) is 2.85. The van der Waals surface area contributed by atoms with E-state index in [2.05, 4.69) is 27.7 Å². The Morgan fingerprint density at radius 3 is 2.10 bits per heavy atom. The van der Waals surface area contributed by atoms with E-state index in [0.717, 1.165) is 18.9 Å². The van der Waals surface area contributed by atoms with Crippen LogP contribution >= 0.6 is 0 Å². The summed E-state index contributed by atoms with van der Waals surface area (Å²) in [4.78, 5) is 0. The first-order valence-corrected chi connectivity index (χ1v) is 4.32. The maximum atomic E-state index is 5.50. The molecule has 1 unspecified atom stereocenters. The van der Waals surface area contributed by atoms with E-state index in [0.29, 0.717) is 6.10 Å². The zero-order chi connectivity index (χ0) is 7.98. The van der Waals surface area contributed by atoms with Crippen molar-refractivity contribution in [3.63, 3.8) is 0 Å². The topological polar surface area (TPSA) is 9.23 Å². The summed E-state index contributed by atoms with van der Waals surface area (Å²) in [5.41, 5.74) is 0. The van der Waals surface area contributed by atoms with Crippen molar-refractivity contribution in [1.82, 2.24) is 0 Å². The van der Waals surface area contributed by atoms with Crippen LogP contribution in [-0.2, 0) is 4.74 Å². The van der Waals surface area contributed by atoms with E-state index in [1.165, 1.54) is 6.42 Å². The molecule has 0 rings (SSSR count). The SMILES string of the molecule is CCOC(CC)CC(C)C. The Hall–Kier alpha value is -0.0400. The van der Waals surface area contributed by atoms with Crippen LogP contribution in [0, 0.1) is 5.92 Å².